The number of oxazole rings is 1. The summed E-state index contributed by atoms with van der Waals surface area (Å²) >= 11 is 0. The number of aryl methyl sites for hydroxylation is 1. The predicted molar refractivity (Wildman–Crippen MR) is 56.1 cm³/mol. The van der Waals surface area contributed by atoms with Crippen molar-refractivity contribution < 1.29 is 4.42 Å². The van der Waals surface area contributed by atoms with Crippen LogP contribution in [0.3, 0.4) is 0 Å². The summed E-state index contributed by atoms with van der Waals surface area (Å²) in [4.78, 5) is 4.35. The van der Waals surface area contributed by atoms with Gasteiger partial charge in [0.1, 0.15) is 5.52 Å². The topological polar surface area (TPSA) is 52.0 Å². The molecule has 0 aliphatic rings. The van der Waals surface area contributed by atoms with Crippen LogP contribution in [0.15, 0.2) is 22.6 Å². The average Bonchev–Trinajstić information content (AvgIpc) is 2.44. The minimum Gasteiger partial charge on any atom is -0.441 e. The minimum atomic E-state index is 0.0872. The molecule has 0 amide bonds. The van der Waals surface area contributed by atoms with Crippen molar-refractivity contribution in [3.8, 4) is 0 Å². The van der Waals surface area contributed by atoms with Crippen molar-refractivity contribution in [2.45, 2.75) is 26.3 Å². The van der Waals surface area contributed by atoms with E-state index in [2.05, 4.69) is 4.98 Å². The molecule has 0 bridgehead atoms. The van der Waals surface area contributed by atoms with E-state index < -0.39 is 0 Å². The van der Waals surface area contributed by atoms with Gasteiger partial charge in [-0.05, 0) is 31.5 Å². The highest BCUT2D eigenvalue weighted by Gasteiger charge is 2.07. The van der Waals surface area contributed by atoms with Gasteiger partial charge >= 0.3 is 0 Å². The van der Waals surface area contributed by atoms with Crippen LogP contribution in [0.4, 0.5) is 0 Å². The molecule has 2 rings (SSSR count). The molecule has 0 saturated carbocycles. The lowest BCUT2D eigenvalue weighted by Crippen LogP contribution is -2.17. The fourth-order valence-corrected chi connectivity index (χ4v) is 1.44. The van der Waals surface area contributed by atoms with Crippen LogP contribution in [0.25, 0.3) is 11.1 Å². The highest BCUT2D eigenvalue weighted by Crippen LogP contribution is 2.17. The number of nitrogens with two attached hydrogens (primary N) is 1. The Morgan fingerprint density at radius 2 is 2.29 bits per heavy atom. The first-order valence-electron chi connectivity index (χ1n) is 4.77. The molecule has 74 valence electrons. The van der Waals surface area contributed by atoms with Crippen LogP contribution in [0.2, 0.25) is 0 Å². The Balaban J connectivity index is 2.41. The molecule has 1 aromatic heterocycles. The third-order valence-corrected chi connectivity index (χ3v) is 2.08. The molecule has 1 atom stereocenters. The molecule has 1 unspecified atom stereocenters. The van der Waals surface area contributed by atoms with E-state index in [-0.39, 0.29) is 6.04 Å². The molecule has 0 fully saturated rings. The van der Waals surface area contributed by atoms with Gasteiger partial charge in [-0.15, -0.1) is 0 Å². The average molecular weight is 190 g/mol. The van der Waals surface area contributed by atoms with E-state index in [4.69, 9.17) is 10.2 Å². The van der Waals surface area contributed by atoms with Crippen LogP contribution in [0.1, 0.15) is 18.4 Å². The molecule has 1 heterocycles. The fraction of sp³-hybridized carbons (Fsp3) is 0.364. The normalized spacial score (nSPS) is 13.4. The molecule has 2 aromatic rings. The van der Waals surface area contributed by atoms with Crippen LogP contribution in [-0.4, -0.2) is 11.0 Å². The van der Waals surface area contributed by atoms with Gasteiger partial charge in [-0.3, -0.25) is 0 Å². The van der Waals surface area contributed by atoms with E-state index in [1.807, 2.05) is 32.0 Å². The first-order chi connectivity index (χ1) is 6.65. The van der Waals surface area contributed by atoms with Crippen molar-refractivity contribution >= 4 is 11.1 Å². The molecule has 3 heteroatoms. The molecule has 0 aliphatic carbocycles. The summed E-state index contributed by atoms with van der Waals surface area (Å²) in [5, 5.41) is 0. The summed E-state index contributed by atoms with van der Waals surface area (Å²) in [6, 6.07) is 6.08. The van der Waals surface area contributed by atoms with E-state index in [1.54, 1.807) is 0 Å². The van der Waals surface area contributed by atoms with E-state index >= 15 is 0 Å². The Bertz CT molecular complexity index is 445. The minimum absolute atomic E-state index is 0.0872. The first kappa shape index (κ1) is 9.21. The van der Waals surface area contributed by atoms with E-state index in [1.165, 1.54) is 5.56 Å². The predicted octanol–water partition coefficient (Wildman–Crippen LogP) is 2.03. The Morgan fingerprint density at radius 1 is 1.50 bits per heavy atom. The van der Waals surface area contributed by atoms with E-state index in [0.29, 0.717) is 6.42 Å². The molecule has 0 radical (unpaired) electrons. The van der Waals surface area contributed by atoms with Crippen LogP contribution in [0, 0.1) is 6.92 Å². The summed E-state index contributed by atoms with van der Waals surface area (Å²) in [5.41, 5.74) is 8.61. The van der Waals surface area contributed by atoms with Crippen LogP contribution in [-0.2, 0) is 6.42 Å². The van der Waals surface area contributed by atoms with Gasteiger partial charge in [0.15, 0.2) is 11.5 Å². The third kappa shape index (κ3) is 1.77. The lowest BCUT2D eigenvalue weighted by Gasteiger charge is -1.97. The summed E-state index contributed by atoms with van der Waals surface area (Å²) < 4.78 is 5.57. The van der Waals surface area contributed by atoms with Gasteiger partial charge in [0.05, 0.1) is 0 Å². The summed E-state index contributed by atoms with van der Waals surface area (Å²) in [6.07, 6.45) is 0.688. The maximum atomic E-state index is 5.68. The Labute approximate surface area is 82.9 Å². The van der Waals surface area contributed by atoms with Gasteiger partial charge in [-0.25, -0.2) is 4.98 Å². The van der Waals surface area contributed by atoms with Gasteiger partial charge < -0.3 is 10.2 Å². The number of fused-ring (bicyclic) bond motifs is 1. The molecular weight excluding hydrogens is 176 g/mol. The molecule has 14 heavy (non-hydrogen) atoms. The standard InChI is InChI=1S/C11H14N2O/c1-7-3-4-9-10(5-7)14-11(13-9)6-8(2)12/h3-5,8H,6,12H2,1-2H3. The smallest absolute Gasteiger partial charge is 0.197 e. The molecule has 0 aliphatic heterocycles. The first-order valence-corrected chi connectivity index (χ1v) is 4.77. The van der Waals surface area contributed by atoms with Gasteiger partial charge in [0.25, 0.3) is 0 Å². The van der Waals surface area contributed by atoms with Crippen molar-refractivity contribution in [3.63, 3.8) is 0 Å². The highest BCUT2D eigenvalue weighted by molar-refractivity contribution is 5.73. The second-order valence-electron chi connectivity index (χ2n) is 3.76. The quantitative estimate of drug-likeness (QED) is 0.788. The second-order valence-corrected chi connectivity index (χ2v) is 3.76. The van der Waals surface area contributed by atoms with E-state index in [9.17, 15) is 0 Å². The number of nitrogens with zero attached hydrogens (tertiary/aromatic N) is 1. The van der Waals surface area contributed by atoms with Crippen molar-refractivity contribution in [2.75, 3.05) is 0 Å². The molecule has 0 spiro atoms. The molecule has 1 aromatic carbocycles. The summed E-state index contributed by atoms with van der Waals surface area (Å²) in [7, 11) is 0. The van der Waals surface area contributed by atoms with Gasteiger partial charge in [0.2, 0.25) is 0 Å². The zero-order valence-corrected chi connectivity index (χ0v) is 8.45. The van der Waals surface area contributed by atoms with Crippen LogP contribution < -0.4 is 5.73 Å². The number of rotatable bonds is 2. The zero-order valence-electron chi connectivity index (χ0n) is 8.45. The largest absolute Gasteiger partial charge is 0.441 e. The maximum absolute atomic E-state index is 5.68. The van der Waals surface area contributed by atoms with Crippen LogP contribution in [0.5, 0.6) is 0 Å². The maximum Gasteiger partial charge on any atom is 0.197 e. The second kappa shape index (κ2) is 3.42. The van der Waals surface area contributed by atoms with Gasteiger partial charge in [0, 0.05) is 12.5 Å². The zero-order chi connectivity index (χ0) is 10.1. The highest BCUT2D eigenvalue weighted by atomic mass is 16.3. The number of hydrogen-bond donors (Lipinski definition) is 1. The lowest BCUT2D eigenvalue weighted by molar-refractivity contribution is 0.506. The molecule has 0 saturated heterocycles. The lowest BCUT2D eigenvalue weighted by atomic mass is 10.2. The monoisotopic (exact) mass is 190 g/mol. The fourth-order valence-electron chi connectivity index (χ4n) is 1.44. The summed E-state index contributed by atoms with van der Waals surface area (Å²) in [5.74, 6) is 0.723. The number of hydrogen-bond acceptors (Lipinski definition) is 3. The van der Waals surface area contributed by atoms with Crippen molar-refractivity contribution in [2.24, 2.45) is 5.73 Å². The Morgan fingerprint density at radius 3 is 3.00 bits per heavy atom. The van der Waals surface area contributed by atoms with Gasteiger partial charge in [-0.2, -0.15) is 0 Å². The molecule has 3 nitrogen and oxygen atoms in total. The summed E-state index contributed by atoms with van der Waals surface area (Å²) in [6.45, 7) is 3.98. The van der Waals surface area contributed by atoms with Crippen molar-refractivity contribution in [3.05, 3.63) is 29.7 Å². The number of benzene rings is 1. The Kier molecular flexibility index (Phi) is 2.25. The molecule has 2 N–H and O–H groups in total. The van der Waals surface area contributed by atoms with Crippen LogP contribution >= 0.6 is 0 Å². The van der Waals surface area contributed by atoms with Crippen molar-refractivity contribution in [1.82, 2.24) is 4.98 Å². The third-order valence-electron chi connectivity index (χ3n) is 2.08. The van der Waals surface area contributed by atoms with Crippen molar-refractivity contribution in [1.29, 1.82) is 0 Å². The van der Waals surface area contributed by atoms with E-state index in [0.717, 1.165) is 17.0 Å². The molecular formula is C11H14N2O. The van der Waals surface area contributed by atoms with Gasteiger partial charge in [-0.1, -0.05) is 6.07 Å². The Hall–Kier alpha value is -1.35. The SMILES string of the molecule is Cc1ccc2nc(CC(C)N)oc2c1. The number of aromatic nitrogens is 1.